The van der Waals surface area contributed by atoms with Crippen LogP contribution in [-0.2, 0) is 17.1 Å². The molecule has 0 bridgehead atoms. The summed E-state index contributed by atoms with van der Waals surface area (Å²) in [6.45, 7) is -0.0107. The number of hydrogen-bond donors (Lipinski definition) is 0. The monoisotopic (exact) mass is 297 g/mol. The maximum absolute atomic E-state index is 12.8. The Morgan fingerprint density at radius 1 is 1.00 bits per heavy atom. The van der Waals surface area contributed by atoms with Crippen LogP contribution in [0.2, 0.25) is 0 Å². The molecule has 1 aliphatic rings. The van der Waals surface area contributed by atoms with Gasteiger partial charge in [-0.3, -0.25) is 4.79 Å². The molecule has 0 aliphatic carbocycles. The van der Waals surface area contributed by atoms with E-state index in [1.807, 2.05) is 0 Å². The van der Waals surface area contributed by atoms with Crippen LogP contribution in [-0.4, -0.2) is 12.5 Å². The van der Waals surface area contributed by atoms with E-state index >= 15 is 0 Å². The van der Waals surface area contributed by atoms with Crippen LogP contribution >= 0.6 is 0 Å². The Bertz CT molecular complexity index is 534. The van der Waals surface area contributed by atoms with Gasteiger partial charge in [0.15, 0.2) is 0 Å². The van der Waals surface area contributed by atoms with Gasteiger partial charge in [0.1, 0.15) is 0 Å². The molecular weight excluding hydrogens is 288 g/mol. The van der Waals surface area contributed by atoms with Crippen LogP contribution in [0.4, 0.5) is 32.0 Å². The minimum absolute atomic E-state index is 0.0107. The summed E-state index contributed by atoms with van der Waals surface area (Å²) < 4.78 is 76.3. The average molecular weight is 297 g/mol. The van der Waals surface area contributed by atoms with E-state index in [1.54, 1.807) is 0 Å². The van der Waals surface area contributed by atoms with Crippen molar-refractivity contribution in [1.29, 1.82) is 0 Å². The smallest absolute Gasteiger partial charge is 0.312 e. The predicted molar refractivity (Wildman–Crippen MR) is 58.0 cm³/mol. The minimum Gasteiger partial charge on any atom is -0.312 e. The molecular formula is C12H9F6NO. The molecule has 2 rings (SSSR count). The SMILES string of the molecule is O=C1CCCN1c1cc(C(F)(F)F)ccc1C(F)(F)F. The number of carbonyl (C=O) groups is 1. The fourth-order valence-corrected chi connectivity index (χ4v) is 2.07. The van der Waals surface area contributed by atoms with Gasteiger partial charge in [-0.25, -0.2) is 0 Å². The fourth-order valence-electron chi connectivity index (χ4n) is 2.07. The molecule has 0 unspecified atom stereocenters. The van der Waals surface area contributed by atoms with Crippen molar-refractivity contribution in [3.63, 3.8) is 0 Å². The summed E-state index contributed by atoms with van der Waals surface area (Å²) in [7, 11) is 0. The summed E-state index contributed by atoms with van der Waals surface area (Å²) >= 11 is 0. The van der Waals surface area contributed by atoms with Crippen LogP contribution in [0.3, 0.4) is 0 Å². The number of anilines is 1. The first kappa shape index (κ1) is 14.7. The van der Waals surface area contributed by atoms with Crippen LogP contribution < -0.4 is 4.90 Å². The highest BCUT2D eigenvalue weighted by atomic mass is 19.4. The normalized spacial score (nSPS) is 16.9. The zero-order valence-electron chi connectivity index (χ0n) is 9.98. The third-order valence-electron chi connectivity index (χ3n) is 2.99. The third-order valence-corrected chi connectivity index (χ3v) is 2.99. The fraction of sp³-hybridized carbons (Fsp3) is 0.417. The van der Waals surface area contributed by atoms with E-state index in [1.165, 1.54) is 0 Å². The lowest BCUT2D eigenvalue weighted by Gasteiger charge is -2.22. The summed E-state index contributed by atoms with van der Waals surface area (Å²) in [6.07, 6.45) is -9.22. The molecule has 1 aliphatic heterocycles. The number of benzene rings is 1. The number of halogens is 6. The third kappa shape index (κ3) is 2.73. The number of rotatable bonds is 1. The van der Waals surface area contributed by atoms with Gasteiger partial charge in [-0.05, 0) is 24.6 Å². The van der Waals surface area contributed by atoms with Crippen molar-refractivity contribution >= 4 is 11.6 Å². The zero-order valence-corrected chi connectivity index (χ0v) is 9.98. The molecule has 0 saturated carbocycles. The van der Waals surface area contributed by atoms with E-state index in [-0.39, 0.29) is 13.0 Å². The first-order valence-electron chi connectivity index (χ1n) is 5.69. The van der Waals surface area contributed by atoms with Crippen molar-refractivity contribution in [2.45, 2.75) is 25.2 Å². The molecule has 1 aromatic rings. The number of hydrogen-bond acceptors (Lipinski definition) is 1. The molecule has 0 atom stereocenters. The van der Waals surface area contributed by atoms with Gasteiger partial charge >= 0.3 is 12.4 Å². The molecule has 1 aromatic carbocycles. The number of alkyl halides is 6. The summed E-state index contributed by atoms with van der Waals surface area (Å²) in [5.74, 6) is -0.602. The summed E-state index contributed by atoms with van der Waals surface area (Å²) in [5, 5.41) is 0. The average Bonchev–Trinajstić information content (AvgIpc) is 2.72. The van der Waals surface area contributed by atoms with E-state index in [4.69, 9.17) is 0 Å². The van der Waals surface area contributed by atoms with Gasteiger partial charge in [-0.1, -0.05) is 0 Å². The molecule has 1 amide bonds. The number of amides is 1. The van der Waals surface area contributed by atoms with Gasteiger partial charge < -0.3 is 4.90 Å². The van der Waals surface area contributed by atoms with Crippen molar-refractivity contribution in [3.05, 3.63) is 29.3 Å². The molecule has 0 spiro atoms. The first-order chi connectivity index (χ1) is 9.10. The highest BCUT2D eigenvalue weighted by Gasteiger charge is 2.39. The molecule has 1 saturated heterocycles. The van der Waals surface area contributed by atoms with Crippen molar-refractivity contribution in [3.8, 4) is 0 Å². The second-order valence-corrected chi connectivity index (χ2v) is 4.38. The van der Waals surface area contributed by atoms with Gasteiger partial charge in [0.2, 0.25) is 5.91 Å². The van der Waals surface area contributed by atoms with E-state index in [9.17, 15) is 31.1 Å². The first-order valence-corrected chi connectivity index (χ1v) is 5.69. The van der Waals surface area contributed by atoms with Crippen LogP contribution in [0.15, 0.2) is 18.2 Å². The predicted octanol–water partition coefficient (Wildman–Crippen LogP) is 3.85. The molecule has 8 heteroatoms. The van der Waals surface area contributed by atoms with Crippen LogP contribution in [0.5, 0.6) is 0 Å². The van der Waals surface area contributed by atoms with Crippen molar-refractivity contribution < 1.29 is 31.1 Å². The topological polar surface area (TPSA) is 20.3 Å². The Labute approximate surface area is 110 Å². The molecule has 110 valence electrons. The standard InChI is InChI=1S/C12H9F6NO/c13-11(14,15)7-3-4-8(12(16,17)18)9(6-7)19-5-1-2-10(19)20/h3-4,6H,1-2,5H2. The maximum Gasteiger partial charge on any atom is 0.418 e. The second-order valence-electron chi connectivity index (χ2n) is 4.38. The highest BCUT2D eigenvalue weighted by molar-refractivity contribution is 5.96. The van der Waals surface area contributed by atoms with Gasteiger partial charge in [-0.2, -0.15) is 26.3 Å². The minimum atomic E-state index is -4.82. The quantitative estimate of drug-likeness (QED) is 0.721. The Morgan fingerprint density at radius 2 is 1.65 bits per heavy atom. The molecule has 20 heavy (non-hydrogen) atoms. The molecule has 0 radical (unpaired) electrons. The van der Waals surface area contributed by atoms with Crippen molar-refractivity contribution in [2.75, 3.05) is 11.4 Å². The lowest BCUT2D eigenvalue weighted by atomic mass is 10.1. The Hall–Kier alpha value is -1.73. The number of nitrogens with zero attached hydrogens (tertiary/aromatic N) is 1. The van der Waals surface area contributed by atoms with Crippen LogP contribution in [0.1, 0.15) is 24.0 Å². The van der Waals surface area contributed by atoms with E-state index < -0.39 is 35.1 Å². The largest absolute Gasteiger partial charge is 0.418 e. The molecule has 1 fully saturated rings. The molecule has 1 heterocycles. The van der Waals surface area contributed by atoms with Crippen LogP contribution in [0, 0.1) is 0 Å². The van der Waals surface area contributed by atoms with Gasteiger partial charge in [0.05, 0.1) is 16.8 Å². The second kappa shape index (κ2) is 4.68. The summed E-state index contributed by atoms with van der Waals surface area (Å²) in [4.78, 5) is 12.3. The zero-order chi connectivity index (χ0) is 15.1. The van der Waals surface area contributed by atoms with Crippen molar-refractivity contribution in [1.82, 2.24) is 0 Å². The van der Waals surface area contributed by atoms with Crippen LogP contribution in [0.25, 0.3) is 0 Å². The van der Waals surface area contributed by atoms with E-state index in [0.717, 1.165) is 4.90 Å². The maximum atomic E-state index is 12.8. The lowest BCUT2D eigenvalue weighted by Crippen LogP contribution is -2.27. The summed E-state index contributed by atoms with van der Waals surface area (Å²) in [6, 6.07) is 1.11. The van der Waals surface area contributed by atoms with Crippen molar-refractivity contribution in [2.24, 2.45) is 0 Å². The lowest BCUT2D eigenvalue weighted by molar-refractivity contribution is -0.141. The number of carbonyl (C=O) groups excluding carboxylic acids is 1. The van der Waals surface area contributed by atoms with E-state index in [2.05, 4.69) is 0 Å². The Kier molecular flexibility index (Phi) is 3.43. The van der Waals surface area contributed by atoms with Gasteiger partial charge in [0.25, 0.3) is 0 Å². The summed E-state index contributed by atoms with van der Waals surface area (Å²) in [5.41, 5.74) is -3.17. The highest BCUT2D eigenvalue weighted by Crippen LogP contribution is 2.41. The molecule has 2 nitrogen and oxygen atoms in total. The molecule has 0 N–H and O–H groups in total. The van der Waals surface area contributed by atoms with Gasteiger partial charge in [0, 0.05) is 13.0 Å². The Balaban J connectivity index is 2.57. The van der Waals surface area contributed by atoms with Gasteiger partial charge in [-0.15, -0.1) is 0 Å². The van der Waals surface area contributed by atoms with E-state index in [0.29, 0.717) is 24.6 Å². The molecule has 0 aromatic heterocycles. The Morgan fingerprint density at radius 3 is 2.10 bits per heavy atom.